The van der Waals surface area contributed by atoms with Crippen molar-refractivity contribution in [2.75, 3.05) is 50.7 Å². The molecule has 2 saturated heterocycles. The van der Waals surface area contributed by atoms with Crippen LogP contribution < -0.4 is 20.4 Å². The van der Waals surface area contributed by atoms with Gasteiger partial charge in [-0.2, -0.15) is 0 Å². The minimum atomic E-state index is -1.84. The summed E-state index contributed by atoms with van der Waals surface area (Å²) in [5, 5.41) is 58.0. The van der Waals surface area contributed by atoms with Crippen molar-refractivity contribution in [1.82, 2.24) is 10.6 Å². The number of ether oxygens (including phenoxy) is 5. The molecule has 0 radical (unpaired) electrons. The number of hydrogen-bond donors (Lipinski definition) is 7. The number of aliphatic carboxylic acids is 1. The summed E-state index contributed by atoms with van der Waals surface area (Å²) in [7, 11) is 4.49. The average molecular weight is 963 g/mol. The number of methoxy groups -OCH3 is 2. The van der Waals surface area contributed by atoms with Crippen molar-refractivity contribution < 1.29 is 63.6 Å². The van der Waals surface area contributed by atoms with Gasteiger partial charge in [-0.15, -0.1) is 0 Å². The largest absolute Gasteiger partial charge is 0.479 e. The quantitative estimate of drug-likeness (QED) is 0.0655. The van der Waals surface area contributed by atoms with Crippen LogP contribution in [0.2, 0.25) is 0 Å². The summed E-state index contributed by atoms with van der Waals surface area (Å²) in [5.41, 5.74) is 6.31. The van der Waals surface area contributed by atoms with Crippen molar-refractivity contribution >= 4 is 29.2 Å². The lowest BCUT2D eigenvalue weighted by molar-refractivity contribution is -0.348. The highest BCUT2D eigenvalue weighted by atomic mass is 16.7. The molecule has 11 unspecified atom stereocenters. The molecule has 6 rings (SSSR count). The van der Waals surface area contributed by atoms with Gasteiger partial charge in [0.1, 0.15) is 36.6 Å². The molecular weight excluding hydrogens is 889 g/mol. The number of likely N-dealkylation sites (N-methyl/N-ethyl adjacent to an activating group) is 1. The van der Waals surface area contributed by atoms with Crippen LogP contribution in [-0.4, -0.2) is 152 Å². The van der Waals surface area contributed by atoms with E-state index in [1.165, 1.54) is 35.3 Å². The number of fused-ring (bicyclic) bond motifs is 2. The molecule has 69 heavy (non-hydrogen) atoms. The number of nitrogens with one attached hydrogen (secondary N) is 2. The first-order valence-electron chi connectivity index (χ1n) is 24.2. The lowest BCUT2D eigenvalue weighted by atomic mass is 9.80. The fourth-order valence-corrected chi connectivity index (χ4v) is 10.2. The van der Waals surface area contributed by atoms with Crippen molar-refractivity contribution in [2.45, 2.75) is 157 Å². The number of hydrogen-bond acceptors (Lipinski definition) is 14. The highest BCUT2D eigenvalue weighted by molar-refractivity contribution is 5.81. The first-order chi connectivity index (χ1) is 32.9. The molecule has 4 heterocycles. The predicted molar refractivity (Wildman–Crippen MR) is 259 cm³/mol. The number of unbranched alkanes of at least 4 members (excludes halogenated alkanes) is 5. The monoisotopic (exact) mass is 963 g/mol. The number of nitrogens with zero attached hydrogens (tertiary/aromatic N) is 2. The fraction of sp³-hybridized carbons (Fsp3) is 0.596. The molecule has 4 aliphatic rings. The van der Waals surface area contributed by atoms with Gasteiger partial charge in [-0.05, 0) is 55.0 Å². The maximum atomic E-state index is 13.3. The van der Waals surface area contributed by atoms with Gasteiger partial charge < -0.3 is 69.7 Å². The number of anilines is 2. The van der Waals surface area contributed by atoms with Gasteiger partial charge in [0.25, 0.3) is 5.91 Å². The maximum Gasteiger partial charge on any atom is 0.335 e. The molecule has 2 aromatic rings. The van der Waals surface area contributed by atoms with E-state index < -0.39 is 73.3 Å². The van der Waals surface area contributed by atoms with E-state index in [0.717, 1.165) is 52.2 Å². The highest BCUT2D eigenvalue weighted by Gasteiger charge is 2.54. The Hall–Kier alpha value is -4.69. The van der Waals surface area contributed by atoms with Gasteiger partial charge in [-0.1, -0.05) is 108 Å². The molecule has 11 atom stereocenters. The number of carboxylic acid groups (broad SMARTS) is 1. The number of allylic oxidation sites excluding steroid dienone is 5. The molecule has 7 N–H and O–H groups in total. The van der Waals surface area contributed by atoms with Crippen LogP contribution in [-0.2, 0) is 48.9 Å². The van der Waals surface area contributed by atoms with E-state index in [4.69, 9.17) is 23.7 Å². The topological polar surface area (TPSA) is 229 Å². The van der Waals surface area contributed by atoms with Gasteiger partial charge >= 0.3 is 5.97 Å². The molecular formula is C52H74N4O13. The van der Waals surface area contributed by atoms with Gasteiger partial charge in [0.15, 0.2) is 24.8 Å². The van der Waals surface area contributed by atoms with Crippen LogP contribution in [0.1, 0.15) is 90.2 Å². The van der Waals surface area contributed by atoms with Crippen LogP contribution in [0.5, 0.6) is 0 Å². The van der Waals surface area contributed by atoms with Crippen molar-refractivity contribution in [2.24, 2.45) is 0 Å². The molecule has 2 amide bonds. The molecule has 0 aliphatic carbocycles. The fourth-order valence-electron chi connectivity index (χ4n) is 10.2. The van der Waals surface area contributed by atoms with Crippen LogP contribution in [0, 0.1) is 0 Å². The van der Waals surface area contributed by atoms with Crippen molar-refractivity contribution in [1.29, 1.82) is 0 Å². The lowest BCUT2D eigenvalue weighted by Gasteiger charge is -2.45. The number of para-hydroxylation sites is 2. The number of benzene rings is 2. The van der Waals surface area contributed by atoms with Gasteiger partial charge in [-0.3, -0.25) is 9.59 Å². The SMILES string of the molecule is COC1OC(C(=O)NCCCCCCNC(=O)CCCCCN2c3ccccc3C(C)(C)C2/C=C/C=C/C=C2/N(C)c3ccccc3C2(C)C)C(OC2OC(C(=O)O)C(OC)C(O)C2O)C(O)C1O. The standard InChI is InChI=1S/C52H74N4O13/c1-51(2)32-22-15-17-24-34(32)55(5)36(51)26-12-10-13-27-37-52(3,4)33-23-16-18-25-35(33)56(37)31-21-11-14-28-38(57)53-29-19-8-9-20-30-54-47(62)45-44(40(59)41(60)49(66-7)68-45)67-50-42(61)39(58)43(65-6)46(69-50)48(63)64/h10,12-13,15-18,22-27,37,39-46,49-50,58-61H,8-9,11,14,19-21,28-31H2,1-7H3,(H,53,57)(H,54,62)(H,63,64)/b12-10+,27-13+,36-26+. The average Bonchev–Trinajstić information content (AvgIpc) is 3.66. The number of carbonyl (C=O) groups is 3. The molecule has 4 aliphatic heterocycles. The summed E-state index contributed by atoms with van der Waals surface area (Å²) in [6.07, 6.45) is 0.293. The Bertz CT molecular complexity index is 2150. The maximum absolute atomic E-state index is 13.3. The van der Waals surface area contributed by atoms with Crippen LogP contribution in [0.4, 0.5) is 11.4 Å². The molecule has 17 nitrogen and oxygen atoms in total. The number of aliphatic hydroxyl groups excluding tert-OH is 4. The minimum absolute atomic E-state index is 0.0251. The Morgan fingerprint density at radius 2 is 1.30 bits per heavy atom. The Morgan fingerprint density at radius 3 is 1.97 bits per heavy atom. The van der Waals surface area contributed by atoms with Crippen molar-refractivity contribution in [3.63, 3.8) is 0 Å². The Labute approximate surface area is 406 Å². The van der Waals surface area contributed by atoms with Crippen LogP contribution in [0.15, 0.2) is 84.6 Å². The zero-order valence-electron chi connectivity index (χ0n) is 41.0. The van der Waals surface area contributed by atoms with Gasteiger partial charge in [-0.25, -0.2) is 4.79 Å². The van der Waals surface area contributed by atoms with Gasteiger partial charge in [0.05, 0.1) is 6.04 Å². The second-order valence-electron chi connectivity index (χ2n) is 19.5. The highest BCUT2D eigenvalue weighted by Crippen LogP contribution is 2.47. The normalized spacial score (nSPS) is 30.0. The number of carboxylic acids is 1. The molecule has 17 heteroatoms. The second kappa shape index (κ2) is 23.9. The zero-order valence-corrected chi connectivity index (χ0v) is 41.0. The van der Waals surface area contributed by atoms with E-state index in [1.807, 2.05) is 0 Å². The Morgan fingerprint density at radius 1 is 0.696 bits per heavy atom. The lowest BCUT2D eigenvalue weighted by Crippen LogP contribution is -2.66. The molecule has 0 saturated carbocycles. The third-order valence-corrected chi connectivity index (χ3v) is 14.1. The Balaban J connectivity index is 0.886. The number of rotatable bonds is 22. The van der Waals surface area contributed by atoms with E-state index in [9.17, 15) is 39.9 Å². The summed E-state index contributed by atoms with van der Waals surface area (Å²) >= 11 is 0. The smallest absolute Gasteiger partial charge is 0.335 e. The number of carbonyl (C=O) groups excluding carboxylic acids is 2. The van der Waals surface area contributed by atoms with E-state index in [2.05, 4.69) is 134 Å². The third-order valence-electron chi connectivity index (χ3n) is 14.1. The molecule has 0 spiro atoms. The summed E-state index contributed by atoms with van der Waals surface area (Å²) in [4.78, 5) is 42.6. The predicted octanol–water partition coefficient (Wildman–Crippen LogP) is 3.95. The summed E-state index contributed by atoms with van der Waals surface area (Å²) in [5.74, 6) is -2.20. The molecule has 0 aromatic heterocycles. The third kappa shape index (κ3) is 12.1. The second-order valence-corrected chi connectivity index (χ2v) is 19.5. The first kappa shape index (κ1) is 53.7. The number of amides is 2. The molecule has 2 fully saturated rings. The Kier molecular flexibility index (Phi) is 18.6. The van der Waals surface area contributed by atoms with E-state index in [0.29, 0.717) is 19.4 Å². The summed E-state index contributed by atoms with van der Waals surface area (Å²) in [6, 6.07) is 17.4. The zero-order chi connectivity index (χ0) is 50.0. The first-order valence-corrected chi connectivity index (χ1v) is 24.2. The van der Waals surface area contributed by atoms with E-state index in [-0.39, 0.29) is 29.3 Å². The molecule has 380 valence electrons. The van der Waals surface area contributed by atoms with Crippen LogP contribution in [0.3, 0.4) is 0 Å². The van der Waals surface area contributed by atoms with E-state index in [1.54, 1.807) is 0 Å². The van der Waals surface area contributed by atoms with Gasteiger partial charge in [0, 0.05) is 75.2 Å². The van der Waals surface area contributed by atoms with Crippen molar-refractivity contribution in [3.05, 3.63) is 95.7 Å². The number of aliphatic hydroxyl groups is 4. The molecule has 2 aromatic carbocycles. The summed E-state index contributed by atoms with van der Waals surface area (Å²) < 4.78 is 26.7. The van der Waals surface area contributed by atoms with Crippen LogP contribution >= 0.6 is 0 Å². The van der Waals surface area contributed by atoms with E-state index >= 15 is 0 Å². The minimum Gasteiger partial charge on any atom is -0.479 e. The van der Waals surface area contributed by atoms with Crippen LogP contribution in [0.25, 0.3) is 0 Å². The van der Waals surface area contributed by atoms with Gasteiger partial charge in [0.2, 0.25) is 5.91 Å². The van der Waals surface area contributed by atoms with Crippen molar-refractivity contribution in [3.8, 4) is 0 Å². The molecule has 0 bridgehead atoms. The summed E-state index contributed by atoms with van der Waals surface area (Å²) in [6.45, 7) is 10.8.